The van der Waals surface area contributed by atoms with Crippen LogP contribution < -0.4 is 11.1 Å². The van der Waals surface area contributed by atoms with Crippen molar-refractivity contribution in [1.29, 1.82) is 0 Å². The van der Waals surface area contributed by atoms with Gasteiger partial charge in [0.25, 0.3) is 17.7 Å². The molecule has 2 heterocycles. The van der Waals surface area contributed by atoms with Crippen molar-refractivity contribution in [2.45, 2.75) is 58.4 Å². The highest BCUT2D eigenvalue weighted by Crippen LogP contribution is 2.48. The molecule has 1 fully saturated rings. The average molecular weight is 441 g/mol. The van der Waals surface area contributed by atoms with Gasteiger partial charge in [-0.05, 0) is 30.9 Å². The molecule has 0 aliphatic heterocycles. The highest BCUT2D eigenvalue weighted by atomic mass is 19.3. The SMILES string of the molecule is Cc1c(C(C)(F)F)nn(CC2(C)CCC(F)(F)C2)c1C(=O)Nc1ccnc(C(N)=O)c1. The summed E-state index contributed by atoms with van der Waals surface area (Å²) in [4.78, 5) is 28.0. The van der Waals surface area contributed by atoms with E-state index in [2.05, 4.69) is 15.4 Å². The summed E-state index contributed by atoms with van der Waals surface area (Å²) in [5.41, 5.74) is 3.53. The van der Waals surface area contributed by atoms with Crippen LogP contribution in [0.3, 0.4) is 0 Å². The average Bonchev–Trinajstić information content (AvgIpc) is 3.10. The van der Waals surface area contributed by atoms with Gasteiger partial charge in [0.1, 0.15) is 17.1 Å². The van der Waals surface area contributed by atoms with Crippen molar-refractivity contribution in [3.8, 4) is 0 Å². The normalized spacial score (nSPS) is 20.6. The summed E-state index contributed by atoms with van der Waals surface area (Å²) < 4.78 is 56.8. The van der Waals surface area contributed by atoms with Crippen LogP contribution in [0.1, 0.15) is 65.3 Å². The van der Waals surface area contributed by atoms with E-state index in [0.29, 0.717) is 6.92 Å². The Morgan fingerprint density at radius 2 is 2.00 bits per heavy atom. The number of nitrogens with two attached hydrogens (primary N) is 1. The zero-order chi connectivity index (χ0) is 23.2. The van der Waals surface area contributed by atoms with E-state index in [-0.39, 0.29) is 42.0 Å². The molecule has 1 unspecified atom stereocenters. The Labute approximate surface area is 176 Å². The summed E-state index contributed by atoms with van der Waals surface area (Å²) in [6.07, 6.45) is 0.691. The van der Waals surface area contributed by atoms with E-state index < -0.39 is 41.2 Å². The van der Waals surface area contributed by atoms with Gasteiger partial charge >= 0.3 is 0 Å². The molecule has 1 aliphatic rings. The van der Waals surface area contributed by atoms with Gasteiger partial charge in [0.05, 0.1) is 0 Å². The highest BCUT2D eigenvalue weighted by Gasteiger charge is 2.47. The molecule has 0 bridgehead atoms. The second kappa shape index (κ2) is 7.61. The van der Waals surface area contributed by atoms with Crippen LogP contribution in [-0.4, -0.2) is 32.5 Å². The maximum absolute atomic E-state index is 14.1. The molecule has 1 saturated carbocycles. The van der Waals surface area contributed by atoms with Gasteiger partial charge < -0.3 is 11.1 Å². The van der Waals surface area contributed by atoms with Crippen LogP contribution in [0.2, 0.25) is 0 Å². The molecule has 31 heavy (non-hydrogen) atoms. The number of nitrogens with one attached hydrogen (secondary N) is 1. The Balaban J connectivity index is 1.98. The number of halogens is 4. The first-order valence-electron chi connectivity index (χ1n) is 9.62. The van der Waals surface area contributed by atoms with Gasteiger partial charge in [-0.15, -0.1) is 0 Å². The number of rotatable bonds is 6. The number of hydrogen-bond donors (Lipinski definition) is 2. The van der Waals surface area contributed by atoms with E-state index >= 15 is 0 Å². The molecular weight excluding hydrogens is 418 g/mol. The molecular formula is C20H23F4N5O2. The molecule has 3 N–H and O–H groups in total. The summed E-state index contributed by atoms with van der Waals surface area (Å²) >= 11 is 0. The maximum Gasteiger partial charge on any atom is 0.289 e. The van der Waals surface area contributed by atoms with Gasteiger partial charge in [0.2, 0.25) is 5.92 Å². The topological polar surface area (TPSA) is 103 Å². The summed E-state index contributed by atoms with van der Waals surface area (Å²) in [5.74, 6) is -7.75. The summed E-state index contributed by atoms with van der Waals surface area (Å²) in [6.45, 7) is 3.49. The monoisotopic (exact) mass is 441 g/mol. The van der Waals surface area contributed by atoms with Gasteiger partial charge in [-0.3, -0.25) is 19.3 Å². The Kier molecular flexibility index (Phi) is 5.57. The number of alkyl halides is 4. The largest absolute Gasteiger partial charge is 0.364 e. The van der Waals surface area contributed by atoms with E-state index in [4.69, 9.17) is 5.73 Å². The van der Waals surface area contributed by atoms with Crippen LogP contribution in [0.5, 0.6) is 0 Å². The van der Waals surface area contributed by atoms with Gasteiger partial charge in [0, 0.05) is 43.8 Å². The predicted octanol–water partition coefficient (Wildman–Crippen LogP) is 3.87. The molecule has 2 aromatic rings. The lowest BCUT2D eigenvalue weighted by Gasteiger charge is -2.24. The Morgan fingerprint density at radius 3 is 2.55 bits per heavy atom. The van der Waals surface area contributed by atoms with Gasteiger partial charge in [0.15, 0.2) is 0 Å². The molecule has 1 aliphatic carbocycles. The lowest BCUT2D eigenvalue weighted by Crippen LogP contribution is -2.27. The fourth-order valence-electron chi connectivity index (χ4n) is 3.99. The minimum atomic E-state index is -3.33. The molecule has 2 aromatic heterocycles. The van der Waals surface area contributed by atoms with Crippen LogP contribution in [0.4, 0.5) is 23.2 Å². The third-order valence-electron chi connectivity index (χ3n) is 5.40. The van der Waals surface area contributed by atoms with Crippen molar-refractivity contribution in [2.75, 3.05) is 5.32 Å². The van der Waals surface area contributed by atoms with Crippen molar-refractivity contribution in [3.05, 3.63) is 41.0 Å². The molecule has 11 heteroatoms. The van der Waals surface area contributed by atoms with Gasteiger partial charge in [-0.25, -0.2) is 8.78 Å². The molecule has 2 amide bonds. The van der Waals surface area contributed by atoms with Crippen molar-refractivity contribution < 1.29 is 27.2 Å². The van der Waals surface area contributed by atoms with Crippen molar-refractivity contribution in [2.24, 2.45) is 11.1 Å². The summed E-state index contributed by atoms with van der Waals surface area (Å²) in [5, 5.41) is 6.43. The number of aromatic nitrogens is 3. The highest BCUT2D eigenvalue weighted by molar-refractivity contribution is 6.04. The van der Waals surface area contributed by atoms with E-state index in [0.717, 1.165) is 4.68 Å². The van der Waals surface area contributed by atoms with E-state index in [1.54, 1.807) is 6.92 Å². The Hall–Kier alpha value is -2.98. The lowest BCUT2D eigenvalue weighted by molar-refractivity contribution is -0.00489. The van der Waals surface area contributed by atoms with Crippen molar-refractivity contribution in [1.82, 2.24) is 14.8 Å². The number of amides is 2. The number of hydrogen-bond acceptors (Lipinski definition) is 4. The third kappa shape index (κ3) is 4.86. The third-order valence-corrected chi connectivity index (χ3v) is 5.40. The molecule has 168 valence electrons. The van der Waals surface area contributed by atoms with E-state index in [9.17, 15) is 27.2 Å². The van der Waals surface area contributed by atoms with Crippen molar-refractivity contribution in [3.63, 3.8) is 0 Å². The first-order valence-corrected chi connectivity index (χ1v) is 9.62. The van der Waals surface area contributed by atoms with Crippen LogP contribution in [0, 0.1) is 12.3 Å². The fourth-order valence-corrected chi connectivity index (χ4v) is 3.99. The van der Waals surface area contributed by atoms with E-state index in [1.807, 2.05) is 0 Å². The van der Waals surface area contributed by atoms with Gasteiger partial charge in [-0.2, -0.15) is 13.9 Å². The number of primary amides is 1. The fraction of sp³-hybridized carbons (Fsp3) is 0.500. The zero-order valence-electron chi connectivity index (χ0n) is 17.3. The number of pyridine rings is 1. The van der Waals surface area contributed by atoms with Crippen LogP contribution in [0.25, 0.3) is 0 Å². The molecule has 1 atom stereocenters. The zero-order valence-corrected chi connectivity index (χ0v) is 17.3. The number of carbonyl (C=O) groups is 2. The summed E-state index contributed by atoms with van der Waals surface area (Å²) in [7, 11) is 0. The molecule has 0 aromatic carbocycles. The number of anilines is 1. The van der Waals surface area contributed by atoms with E-state index in [1.165, 1.54) is 25.3 Å². The second-order valence-corrected chi connectivity index (χ2v) is 8.46. The first kappa shape index (κ1) is 22.7. The minimum absolute atomic E-state index is 0.0532. The van der Waals surface area contributed by atoms with Crippen molar-refractivity contribution >= 4 is 17.5 Å². The molecule has 3 rings (SSSR count). The predicted molar refractivity (Wildman–Crippen MR) is 104 cm³/mol. The van der Waals surface area contributed by atoms with Gasteiger partial charge in [-0.1, -0.05) is 6.92 Å². The number of carbonyl (C=O) groups excluding carboxylic acids is 2. The maximum atomic E-state index is 14.1. The molecule has 0 saturated heterocycles. The second-order valence-electron chi connectivity index (χ2n) is 8.46. The quantitative estimate of drug-likeness (QED) is 0.664. The standard InChI is InChI=1S/C20H23F4N5O2/c1-11-14(17(31)27-12-4-7-26-13(8-12)16(25)30)29(28-15(11)19(3,21)22)10-18(2)5-6-20(23,24)9-18/h4,7-8H,5-6,9-10H2,1-3H3,(H2,25,30)(H,26,27,31). The number of nitrogens with zero attached hydrogens (tertiary/aromatic N) is 3. The smallest absolute Gasteiger partial charge is 0.289 e. The lowest BCUT2D eigenvalue weighted by atomic mass is 9.88. The Bertz CT molecular complexity index is 1030. The minimum Gasteiger partial charge on any atom is -0.364 e. The summed E-state index contributed by atoms with van der Waals surface area (Å²) in [6, 6.07) is 2.64. The van der Waals surface area contributed by atoms with Crippen LogP contribution in [-0.2, 0) is 12.5 Å². The molecule has 7 nitrogen and oxygen atoms in total. The molecule has 0 spiro atoms. The molecule has 0 radical (unpaired) electrons. The Morgan fingerprint density at radius 1 is 1.32 bits per heavy atom. The van der Waals surface area contributed by atoms with Crippen LogP contribution >= 0.6 is 0 Å². The first-order chi connectivity index (χ1) is 14.2. The van der Waals surface area contributed by atoms with Crippen LogP contribution in [0.15, 0.2) is 18.3 Å².